The molecule has 2 heterocycles. The maximum Gasteiger partial charge on any atom is 0.379 e. The van der Waals surface area contributed by atoms with E-state index in [0.717, 1.165) is 27.2 Å². The fourth-order valence-corrected chi connectivity index (χ4v) is 4.67. The second-order valence-corrected chi connectivity index (χ2v) is 8.44. The van der Waals surface area contributed by atoms with Gasteiger partial charge in [-0.3, -0.25) is 9.78 Å². The Morgan fingerprint density at radius 1 is 0.829 bits per heavy atom. The van der Waals surface area contributed by atoms with Gasteiger partial charge in [-0.25, -0.2) is 4.79 Å². The van der Waals surface area contributed by atoms with Crippen LogP contribution in [0.4, 0.5) is 0 Å². The molecule has 0 saturated carbocycles. The minimum absolute atomic E-state index is 0.0290. The molecule has 5 heteroatoms. The van der Waals surface area contributed by atoms with Crippen molar-refractivity contribution in [1.82, 2.24) is 4.98 Å². The summed E-state index contributed by atoms with van der Waals surface area (Å²) in [7, 11) is 0. The lowest BCUT2D eigenvalue weighted by Crippen LogP contribution is -2.05. The largest absolute Gasteiger partial charge is 0.501 e. The quantitative estimate of drug-likeness (QED) is 0.191. The summed E-state index contributed by atoms with van der Waals surface area (Å²) in [5.41, 5.74) is 2.94. The van der Waals surface area contributed by atoms with Gasteiger partial charge in [-0.1, -0.05) is 72.8 Å². The van der Waals surface area contributed by atoms with Gasteiger partial charge in [0.1, 0.15) is 5.58 Å². The third kappa shape index (κ3) is 3.54. The van der Waals surface area contributed by atoms with Gasteiger partial charge in [0.05, 0.1) is 5.52 Å². The van der Waals surface area contributed by atoms with Crippen LogP contribution in [0, 0.1) is 0 Å². The number of aromatic nitrogens is 1. The standard InChI is InChI=1S/C30H19NO4/c32-25(17-21-15-16-31-24-14-13-18-5-1-2-6-22(18)27(21)24)19-9-11-20(12-10-19)28-23-7-3-4-8-26(23)35-30(34)29(28)33/h1-16,33H,17H2. The summed E-state index contributed by atoms with van der Waals surface area (Å²) in [5.74, 6) is -0.475. The summed E-state index contributed by atoms with van der Waals surface area (Å²) in [5, 5.41) is 14.2. The molecule has 1 N–H and O–H groups in total. The first-order valence-electron chi connectivity index (χ1n) is 11.2. The Morgan fingerprint density at radius 3 is 2.40 bits per heavy atom. The van der Waals surface area contributed by atoms with Crippen LogP contribution < -0.4 is 5.63 Å². The molecule has 0 atom stereocenters. The fraction of sp³-hybridized carbons (Fsp3) is 0.0333. The number of benzene rings is 4. The first-order valence-corrected chi connectivity index (χ1v) is 11.2. The number of rotatable bonds is 4. The number of para-hydroxylation sites is 1. The van der Waals surface area contributed by atoms with Crippen molar-refractivity contribution in [3.63, 3.8) is 0 Å². The van der Waals surface area contributed by atoms with Crippen molar-refractivity contribution in [1.29, 1.82) is 0 Å². The van der Waals surface area contributed by atoms with E-state index in [4.69, 9.17) is 4.42 Å². The Morgan fingerprint density at radius 2 is 1.57 bits per heavy atom. The fourth-order valence-electron chi connectivity index (χ4n) is 4.67. The van der Waals surface area contributed by atoms with Crippen LogP contribution in [0.25, 0.3) is 43.8 Å². The van der Waals surface area contributed by atoms with Crippen molar-refractivity contribution < 1.29 is 14.3 Å². The van der Waals surface area contributed by atoms with Crippen molar-refractivity contribution >= 4 is 38.4 Å². The Kier molecular flexibility index (Phi) is 4.89. The molecule has 6 rings (SSSR count). The number of fused-ring (bicyclic) bond motifs is 4. The highest BCUT2D eigenvalue weighted by Crippen LogP contribution is 2.34. The predicted molar refractivity (Wildman–Crippen MR) is 137 cm³/mol. The van der Waals surface area contributed by atoms with E-state index < -0.39 is 11.4 Å². The highest BCUT2D eigenvalue weighted by Gasteiger charge is 2.17. The number of Topliss-reactive ketones (excluding diaryl/α,β-unsaturated/α-hetero) is 1. The lowest BCUT2D eigenvalue weighted by molar-refractivity contribution is 0.0993. The normalized spacial score (nSPS) is 11.3. The zero-order valence-corrected chi connectivity index (χ0v) is 18.6. The molecule has 35 heavy (non-hydrogen) atoms. The Hall–Kier alpha value is -4.77. The topological polar surface area (TPSA) is 80.4 Å². The van der Waals surface area contributed by atoms with Gasteiger partial charge in [0.2, 0.25) is 5.75 Å². The molecule has 5 nitrogen and oxygen atoms in total. The monoisotopic (exact) mass is 457 g/mol. The van der Waals surface area contributed by atoms with Gasteiger partial charge >= 0.3 is 5.63 Å². The first-order chi connectivity index (χ1) is 17.1. The molecular weight excluding hydrogens is 438 g/mol. The number of hydrogen-bond donors (Lipinski definition) is 1. The van der Waals surface area contributed by atoms with Gasteiger partial charge in [-0.15, -0.1) is 0 Å². The second-order valence-electron chi connectivity index (χ2n) is 8.44. The van der Waals surface area contributed by atoms with Crippen LogP contribution in [0.5, 0.6) is 5.75 Å². The van der Waals surface area contributed by atoms with Crippen LogP contribution in [0.2, 0.25) is 0 Å². The molecular formula is C30H19NO4. The minimum atomic E-state index is -0.796. The molecule has 168 valence electrons. The summed E-state index contributed by atoms with van der Waals surface area (Å²) in [6.07, 6.45) is 1.97. The Labute approximate surface area is 199 Å². The van der Waals surface area contributed by atoms with Gasteiger partial charge in [0, 0.05) is 34.5 Å². The van der Waals surface area contributed by atoms with Gasteiger partial charge in [0.15, 0.2) is 5.78 Å². The summed E-state index contributed by atoms with van der Waals surface area (Å²) in [6, 6.07) is 28.0. The van der Waals surface area contributed by atoms with E-state index in [1.54, 1.807) is 48.7 Å². The molecule has 0 unspecified atom stereocenters. The summed E-state index contributed by atoms with van der Waals surface area (Å²) < 4.78 is 5.18. The maximum absolute atomic E-state index is 13.2. The number of carbonyl (C=O) groups is 1. The molecule has 0 fully saturated rings. The number of ketones is 1. The summed E-state index contributed by atoms with van der Waals surface area (Å²) >= 11 is 0. The van der Waals surface area contributed by atoms with Crippen LogP contribution in [-0.2, 0) is 6.42 Å². The SMILES string of the molecule is O=C(Cc1ccnc2ccc3ccccc3c12)c1ccc(-c2c(O)c(=O)oc3ccccc23)cc1. The lowest BCUT2D eigenvalue weighted by Gasteiger charge is -2.10. The number of hydrogen-bond acceptors (Lipinski definition) is 5. The van der Waals surface area contributed by atoms with Crippen LogP contribution in [0.3, 0.4) is 0 Å². The Bertz CT molecular complexity index is 1820. The second kappa shape index (κ2) is 8.22. The third-order valence-electron chi connectivity index (χ3n) is 6.35. The van der Waals surface area contributed by atoms with Gasteiger partial charge < -0.3 is 9.52 Å². The number of carbonyl (C=O) groups excluding carboxylic acids is 1. The van der Waals surface area contributed by atoms with Crippen molar-refractivity contribution in [3.05, 3.63) is 119 Å². The smallest absolute Gasteiger partial charge is 0.379 e. The van der Waals surface area contributed by atoms with E-state index >= 15 is 0 Å². The lowest BCUT2D eigenvalue weighted by atomic mass is 9.95. The van der Waals surface area contributed by atoms with Crippen molar-refractivity contribution in [2.75, 3.05) is 0 Å². The molecule has 0 aliphatic heterocycles. The predicted octanol–water partition coefficient (Wildman–Crippen LogP) is 6.29. The summed E-state index contributed by atoms with van der Waals surface area (Å²) in [6.45, 7) is 0. The average Bonchev–Trinajstić information content (AvgIpc) is 2.89. The van der Waals surface area contributed by atoms with E-state index in [2.05, 4.69) is 17.1 Å². The molecule has 4 aromatic carbocycles. The van der Waals surface area contributed by atoms with Crippen molar-refractivity contribution in [2.24, 2.45) is 0 Å². The van der Waals surface area contributed by atoms with Crippen LogP contribution in [0.15, 0.2) is 106 Å². The van der Waals surface area contributed by atoms with E-state index in [0.29, 0.717) is 27.7 Å². The molecule has 6 aromatic rings. The van der Waals surface area contributed by atoms with Gasteiger partial charge in [-0.05, 0) is 40.1 Å². The Balaban J connectivity index is 1.38. The molecule has 0 bridgehead atoms. The number of pyridine rings is 1. The third-order valence-corrected chi connectivity index (χ3v) is 6.35. The molecule has 0 radical (unpaired) electrons. The molecule has 0 saturated heterocycles. The highest BCUT2D eigenvalue weighted by atomic mass is 16.4. The summed E-state index contributed by atoms with van der Waals surface area (Å²) in [4.78, 5) is 29.9. The number of nitrogens with zero attached hydrogens (tertiary/aromatic N) is 1. The van der Waals surface area contributed by atoms with Gasteiger partial charge in [0.25, 0.3) is 0 Å². The first kappa shape index (κ1) is 20.8. The van der Waals surface area contributed by atoms with E-state index in [1.165, 1.54) is 0 Å². The van der Waals surface area contributed by atoms with E-state index in [1.807, 2.05) is 36.4 Å². The molecule has 0 aliphatic carbocycles. The van der Waals surface area contributed by atoms with Gasteiger partial charge in [-0.2, -0.15) is 0 Å². The van der Waals surface area contributed by atoms with Crippen molar-refractivity contribution in [2.45, 2.75) is 6.42 Å². The van der Waals surface area contributed by atoms with E-state index in [9.17, 15) is 14.7 Å². The van der Waals surface area contributed by atoms with Crippen LogP contribution in [-0.4, -0.2) is 15.9 Å². The molecule has 2 aromatic heterocycles. The molecule has 0 spiro atoms. The van der Waals surface area contributed by atoms with Crippen LogP contribution in [0.1, 0.15) is 15.9 Å². The number of aromatic hydroxyl groups is 1. The average molecular weight is 457 g/mol. The van der Waals surface area contributed by atoms with Crippen LogP contribution >= 0.6 is 0 Å². The maximum atomic E-state index is 13.2. The zero-order valence-electron chi connectivity index (χ0n) is 18.6. The molecule has 0 aliphatic rings. The minimum Gasteiger partial charge on any atom is -0.501 e. The van der Waals surface area contributed by atoms with E-state index in [-0.39, 0.29) is 12.2 Å². The molecule has 0 amide bonds. The zero-order chi connectivity index (χ0) is 23.9. The van der Waals surface area contributed by atoms with Crippen molar-refractivity contribution in [3.8, 4) is 16.9 Å². The highest BCUT2D eigenvalue weighted by molar-refractivity contribution is 6.10.